The first-order valence-electron chi connectivity index (χ1n) is 5.40. The van der Waals surface area contributed by atoms with Gasteiger partial charge in [-0.3, -0.25) is 0 Å². The van der Waals surface area contributed by atoms with Gasteiger partial charge in [0.1, 0.15) is 11.8 Å². The molecular formula is C13H11ClN2O2. The number of aromatic nitrogens is 1. The number of pyridine rings is 1. The van der Waals surface area contributed by atoms with Crippen LogP contribution in [0.3, 0.4) is 0 Å². The molecule has 0 fully saturated rings. The smallest absolute Gasteiger partial charge is 0.215 e. The zero-order chi connectivity index (χ0) is 13.1. The number of halogens is 1. The van der Waals surface area contributed by atoms with E-state index in [0.29, 0.717) is 39.7 Å². The van der Waals surface area contributed by atoms with E-state index in [9.17, 15) is 0 Å². The Labute approximate surface area is 110 Å². The average molecular weight is 263 g/mol. The third kappa shape index (κ3) is 2.18. The molecule has 0 N–H and O–H groups in total. The molecule has 0 bridgehead atoms. The molecule has 1 aromatic carbocycles. The van der Waals surface area contributed by atoms with Crippen molar-refractivity contribution in [2.45, 2.75) is 6.92 Å². The number of hydrogen-bond acceptors (Lipinski definition) is 4. The van der Waals surface area contributed by atoms with Crippen molar-refractivity contribution in [2.75, 3.05) is 13.7 Å². The minimum atomic E-state index is 0.429. The minimum absolute atomic E-state index is 0.429. The summed E-state index contributed by atoms with van der Waals surface area (Å²) in [6.07, 6.45) is 0. The van der Waals surface area contributed by atoms with Gasteiger partial charge < -0.3 is 9.47 Å². The molecule has 0 aliphatic heterocycles. The van der Waals surface area contributed by atoms with Gasteiger partial charge in [0.25, 0.3) is 0 Å². The highest BCUT2D eigenvalue weighted by Gasteiger charge is 2.10. The van der Waals surface area contributed by atoms with Crippen LogP contribution in [-0.2, 0) is 0 Å². The Morgan fingerprint density at radius 3 is 2.78 bits per heavy atom. The third-order valence-corrected chi connectivity index (χ3v) is 2.78. The van der Waals surface area contributed by atoms with Gasteiger partial charge >= 0.3 is 0 Å². The van der Waals surface area contributed by atoms with Crippen LogP contribution in [0.15, 0.2) is 18.2 Å². The number of fused-ring (bicyclic) bond motifs is 1. The maximum Gasteiger partial charge on any atom is 0.215 e. The molecule has 0 radical (unpaired) electrons. The number of rotatable bonds is 3. The predicted octanol–water partition coefficient (Wildman–Crippen LogP) is 3.17. The SMILES string of the molecule is CCOc1cc(Cl)c2cc(C#N)c(OC)cc2n1. The molecule has 2 aromatic rings. The van der Waals surface area contributed by atoms with Gasteiger partial charge in [0.2, 0.25) is 5.88 Å². The molecular weight excluding hydrogens is 252 g/mol. The summed E-state index contributed by atoms with van der Waals surface area (Å²) in [5, 5.41) is 10.2. The fourth-order valence-corrected chi connectivity index (χ4v) is 1.91. The van der Waals surface area contributed by atoms with Gasteiger partial charge in [-0.25, -0.2) is 4.98 Å². The van der Waals surface area contributed by atoms with Crippen LogP contribution < -0.4 is 9.47 Å². The lowest BCUT2D eigenvalue weighted by Gasteiger charge is -2.08. The first kappa shape index (κ1) is 12.5. The molecule has 0 spiro atoms. The van der Waals surface area contributed by atoms with Gasteiger partial charge in [-0.1, -0.05) is 11.6 Å². The number of methoxy groups -OCH3 is 1. The molecule has 18 heavy (non-hydrogen) atoms. The summed E-state index contributed by atoms with van der Waals surface area (Å²) in [7, 11) is 1.51. The van der Waals surface area contributed by atoms with Crippen molar-refractivity contribution in [1.82, 2.24) is 4.98 Å². The number of ether oxygens (including phenoxy) is 2. The molecule has 0 saturated heterocycles. The average Bonchev–Trinajstić information content (AvgIpc) is 2.37. The van der Waals surface area contributed by atoms with Crippen LogP contribution in [0.4, 0.5) is 0 Å². The molecule has 1 heterocycles. The van der Waals surface area contributed by atoms with Gasteiger partial charge in [-0.05, 0) is 13.0 Å². The zero-order valence-electron chi connectivity index (χ0n) is 10.0. The highest BCUT2D eigenvalue weighted by Crippen LogP contribution is 2.31. The summed E-state index contributed by atoms with van der Waals surface area (Å²) >= 11 is 6.15. The first-order chi connectivity index (χ1) is 8.69. The second-order valence-electron chi connectivity index (χ2n) is 3.56. The summed E-state index contributed by atoms with van der Waals surface area (Å²) in [5.41, 5.74) is 1.07. The van der Waals surface area contributed by atoms with E-state index in [-0.39, 0.29) is 0 Å². The van der Waals surface area contributed by atoms with Crippen molar-refractivity contribution in [2.24, 2.45) is 0 Å². The van der Waals surface area contributed by atoms with Gasteiger partial charge in [0.15, 0.2) is 0 Å². The van der Waals surface area contributed by atoms with E-state index >= 15 is 0 Å². The molecule has 5 heteroatoms. The first-order valence-corrected chi connectivity index (χ1v) is 5.78. The minimum Gasteiger partial charge on any atom is -0.495 e. The second-order valence-corrected chi connectivity index (χ2v) is 3.96. The quantitative estimate of drug-likeness (QED) is 0.853. The third-order valence-electron chi connectivity index (χ3n) is 2.47. The van der Waals surface area contributed by atoms with E-state index in [1.807, 2.05) is 6.92 Å². The fraction of sp³-hybridized carbons (Fsp3) is 0.231. The molecule has 0 atom stereocenters. The summed E-state index contributed by atoms with van der Waals surface area (Å²) < 4.78 is 10.5. The Balaban J connectivity index is 2.69. The molecule has 0 aliphatic rings. The van der Waals surface area contributed by atoms with Crippen molar-refractivity contribution < 1.29 is 9.47 Å². The van der Waals surface area contributed by atoms with Crippen molar-refractivity contribution in [1.29, 1.82) is 5.26 Å². The molecule has 0 aliphatic carbocycles. The number of nitriles is 1. The standard InChI is InChI=1S/C13H11ClN2O2/c1-3-18-13-5-10(14)9-4-8(7-15)12(17-2)6-11(9)16-13/h4-6H,3H2,1-2H3. The Kier molecular flexibility index (Phi) is 3.54. The van der Waals surface area contributed by atoms with E-state index < -0.39 is 0 Å². The Bertz CT molecular complexity index is 635. The Morgan fingerprint density at radius 2 is 2.17 bits per heavy atom. The van der Waals surface area contributed by atoms with Crippen LogP contribution in [0, 0.1) is 11.3 Å². The Morgan fingerprint density at radius 1 is 1.39 bits per heavy atom. The maximum absolute atomic E-state index is 9.02. The van der Waals surface area contributed by atoms with Gasteiger partial charge in [-0.15, -0.1) is 0 Å². The van der Waals surface area contributed by atoms with Crippen LogP contribution in [0.2, 0.25) is 5.02 Å². The number of benzene rings is 1. The number of nitrogens with zero attached hydrogens (tertiary/aromatic N) is 2. The van der Waals surface area contributed by atoms with E-state index in [4.69, 9.17) is 26.3 Å². The highest BCUT2D eigenvalue weighted by atomic mass is 35.5. The molecule has 0 saturated carbocycles. The van der Waals surface area contributed by atoms with E-state index in [2.05, 4.69) is 11.1 Å². The zero-order valence-corrected chi connectivity index (χ0v) is 10.8. The van der Waals surface area contributed by atoms with Gasteiger partial charge in [0, 0.05) is 17.5 Å². The van der Waals surface area contributed by atoms with Crippen molar-refractivity contribution in [3.63, 3.8) is 0 Å². The lowest BCUT2D eigenvalue weighted by Crippen LogP contribution is -1.96. The molecule has 2 rings (SSSR count). The topological polar surface area (TPSA) is 55.1 Å². The van der Waals surface area contributed by atoms with Crippen LogP contribution in [0.1, 0.15) is 12.5 Å². The fourth-order valence-electron chi connectivity index (χ4n) is 1.67. The van der Waals surface area contributed by atoms with Gasteiger partial charge in [0.05, 0.1) is 29.8 Å². The van der Waals surface area contributed by atoms with Crippen LogP contribution >= 0.6 is 11.6 Å². The van der Waals surface area contributed by atoms with E-state index in [1.54, 1.807) is 18.2 Å². The number of hydrogen-bond donors (Lipinski definition) is 0. The summed E-state index contributed by atoms with van der Waals surface area (Å²) in [6.45, 7) is 2.39. The highest BCUT2D eigenvalue weighted by molar-refractivity contribution is 6.35. The van der Waals surface area contributed by atoms with Gasteiger partial charge in [-0.2, -0.15) is 5.26 Å². The second kappa shape index (κ2) is 5.11. The van der Waals surface area contributed by atoms with Crippen molar-refractivity contribution in [3.05, 3.63) is 28.8 Å². The molecule has 4 nitrogen and oxygen atoms in total. The van der Waals surface area contributed by atoms with Crippen LogP contribution in [0.25, 0.3) is 10.9 Å². The van der Waals surface area contributed by atoms with Crippen LogP contribution in [-0.4, -0.2) is 18.7 Å². The summed E-state index contributed by atoms with van der Waals surface area (Å²) in [6, 6.07) is 7.05. The molecule has 92 valence electrons. The maximum atomic E-state index is 9.02. The van der Waals surface area contributed by atoms with E-state index in [0.717, 1.165) is 0 Å². The Hall–Kier alpha value is -1.99. The lowest BCUT2D eigenvalue weighted by atomic mass is 10.1. The van der Waals surface area contributed by atoms with Crippen LogP contribution in [0.5, 0.6) is 11.6 Å². The summed E-state index contributed by atoms with van der Waals surface area (Å²) in [5.74, 6) is 0.934. The normalized spacial score (nSPS) is 10.1. The lowest BCUT2D eigenvalue weighted by molar-refractivity contribution is 0.328. The molecule has 1 aromatic heterocycles. The molecule has 0 unspecified atom stereocenters. The van der Waals surface area contributed by atoms with Crippen molar-refractivity contribution >= 4 is 22.5 Å². The largest absolute Gasteiger partial charge is 0.495 e. The van der Waals surface area contributed by atoms with Crippen molar-refractivity contribution in [3.8, 4) is 17.7 Å². The predicted molar refractivity (Wildman–Crippen MR) is 69.2 cm³/mol. The monoisotopic (exact) mass is 262 g/mol. The van der Waals surface area contributed by atoms with E-state index in [1.165, 1.54) is 7.11 Å². The summed E-state index contributed by atoms with van der Waals surface area (Å²) in [4.78, 5) is 4.31. The molecule has 0 amide bonds.